The van der Waals surface area contributed by atoms with E-state index in [0.717, 1.165) is 0 Å². The van der Waals surface area contributed by atoms with Gasteiger partial charge >= 0.3 is 5.97 Å². The monoisotopic (exact) mass is 403 g/mol. The summed E-state index contributed by atoms with van der Waals surface area (Å²) in [5.74, 6) is -3.25. The summed E-state index contributed by atoms with van der Waals surface area (Å²) >= 11 is 6.11. The van der Waals surface area contributed by atoms with Crippen molar-refractivity contribution in [3.63, 3.8) is 0 Å². The van der Waals surface area contributed by atoms with Gasteiger partial charge in [0.1, 0.15) is 11.8 Å². The summed E-state index contributed by atoms with van der Waals surface area (Å²) in [7, 11) is 0. The van der Waals surface area contributed by atoms with Gasteiger partial charge in [-0.2, -0.15) is 0 Å². The normalized spacial score (nSPS) is 16.1. The maximum atomic E-state index is 15.4. The molecule has 0 bridgehead atoms. The van der Waals surface area contributed by atoms with Crippen LogP contribution in [0.5, 0.6) is 0 Å². The highest BCUT2D eigenvalue weighted by molar-refractivity contribution is 6.34. The Bertz CT molecular complexity index is 1190. The number of ether oxygens (including phenoxy) is 1. The molecule has 0 aliphatic carbocycles. The lowest BCUT2D eigenvalue weighted by Gasteiger charge is -2.21. The molecule has 0 saturated carbocycles. The first-order valence-electron chi connectivity index (χ1n) is 8.06. The third-order valence-corrected chi connectivity index (χ3v) is 4.73. The number of H-pyrrole nitrogens is 1. The van der Waals surface area contributed by atoms with Gasteiger partial charge in [-0.1, -0.05) is 17.7 Å². The van der Waals surface area contributed by atoms with Crippen molar-refractivity contribution in [2.75, 3.05) is 0 Å². The number of hydrogen-bond acceptors (Lipinski definition) is 4. The van der Waals surface area contributed by atoms with Crippen molar-refractivity contribution >= 4 is 28.5 Å². The van der Waals surface area contributed by atoms with Crippen LogP contribution >= 0.6 is 11.6 Å². The highest BCUT2D eigenvalue weighted by atomic mass is 35.5. The van der Waals surface area contributed by atoms with Gasteiger partial charge in [0.15, 0.2) is 17.3 Å². The summed E-state index contributed by atoms with van der Waals surface area (Å²) in [5.41, 5.74) is 4.53. The van der Waals surface area contributed by atoms with Crippen LogP contribution in [0.1, 0.15) is 22.2 Å². The van der Waals surface area contributed by atoms with Crippen LogP contribution in [0.25, 0.3) is 22.2 Å². The number of carboxylic acid groups (broad SMARTS) is 1. The first-order chi connectivity index (χ1) is 13.4. The Morgan fingerprint density at radius 3 is 2.79 bits per heavy atom. The fourth-order valence-electron chi connectivity index (χ4n) is 3.03. The fourth-order valence-corrected chi connectivity index (χ4v) is 3.34. The molecule has 142 valence electrons. The number of nitrogens with two attached hydrogens (primary N) is 1. The van der Waals surface area contributed by atoms with Gasteiger partial charge in [0.05, 0.1) is 22.4 Å². The minimum atomic E-state index is -1.49. The van der Waals surface area contributed by atoms with E-state index >= 15 is 4.39 Å². The molecule has 4 rings (SSSR count). The Balaban J connectivity index is 2.01. The zero-order valence-electron chi connectivity index (χ0n) is 14.0. The number of fused-ring (bicyclic) bond motifs is 1. The largest absolute Gasteiger partial charge is 0.489 e. The molecule has 28 heavy (non-hydrogen) atoms. The number of rotatable bonds is 3. The fraction of sp³-hybridized carbons (Fsp3) is 0.0526. The summed E-state index contributed by atoms with van der Waals surface area (Å²) in [6, 6.07) is 4.54. The molecule has 1 aliphatic heterocycles. The van der Waals surface area contributed by atoms with E-state index in [4.69, 9.17) is 22.1 Å². The third kappa shape index (κ3) is 2.78. The Kier molecular flexibility index (Phi) is 4.27. The number of benzene rings is 1. The SMILES string of the molecule is NC1=CC(c2c(F)c(-c3ccc4cc[nH]c4c3F)nc(C(=O)O)c2Cl)OC=C1. The van der Waals surface area contributed by atoms with E-state index in [1.54, 1.807) is 12.1 Å². The van der Waals surface area contributed by atoms with Gasteiger partial charge < -0.3 is 20.6 Å². The van der Waals surface area contributed by atoms with Crippen LogP contribution in [0.2, 0.25) is 5.02 Å². The molecule has 4 N–H and O–H groups in total. The molecule has 2 aromatic heterocycles. The Morgan fingerprint density at radius 1 is 1.29 bits per heavy atom. The minimum Gasteiger partial charge on any atom is -0.489 e. The maximum Gasteiger partial charge on any atom is 0.356 e. The van der Waals surface area contributed by atoms with Gasteiger partial charge in [0.25, 0.3) is 0 Å². The van der Waals surface area contributed by atoms with Crippen LogP contribution in [0.3, 0.4) is 0 Å². The van der Waals surface area contributed by atoms with Crippen LogP contribution in [-0.2, 0) is 4.74 Å². The molecule has 0 spiro atoms. The molecule has 0 saturated heterocycles. The molecule has 9 heteroatoms. The second-order valence-corrected chi connectivity index (χ2v) is 6.43. The number of allylic oxidation sites excluding steroid dienone is 1. The van der Waals surface area contributed by atoms with E-state index in [9.17, 15) is 14.3 Å². The first kappa shape index (κ1) is 18.0. The number of carbonyl (C=O) groups is 1. The lowest BCUT2D eigenvalue weighted by molar-refractivity contribution is 0.0690. The minimum absolute atomic E-state index is 0.146. The molecular formula is C19H12ClF2N3O3. The van der Waals surface area contributed by atoms with Gasteiger partial charge in [0.2, 0.25) is 0 Å². The summed E-state index contributed by atoms with van der Waals surface area (Å²) in [6.45, 7) is 0. The Morgan fingerprint density at radius 2 is 2.07 bits per heavy atom. The quantitative estimate of drug-likeness (QED) is 0.605. The lowest BCUT2D eigenvalue weighted by Crippen LogP contribution is -2.14. The van der Waals surface area contributed by atoms with E-state index in [1.165, 1.54) is 30.7 Å². The second-order valence-electron chi connectivity index (χ2n) is 6.05. The first-order valence-corrected chi connectivity index (χ1v) is 8.43. The lowest BCUT2D eigenvalue weighted by atomic mass is 10.0. The van der Waals surface area contributed by atoms with Crippen molar-refractivity contribution < 1.29 is 23.4 Å². The van der Waals surface area contributed by atoms with Crippen LogP contribution < -0.4 is 5.73 Å². The highest BCUT2D eigenvalue weighted by Crippen LogP contribution is 2.38. The number of pyridine rings is 1. The third-order valence-electron chi connectivity index (χ3n) is 4.35. The molecule has 0 radical (unpaired) electrons. The molecular weight excluding hydrogens is 392 g/mol. The predicted molar refractivity (Wildman–Crippen MR) is 98.7 cm³/mol. The summed E-state index contributed by atoms with van der Waals surface area (Å²) in [5, 5.41) is 9.58. The molecule has 0 fully saturated rings. The van der Waals surface area contributed by atoms with E-state index in [1.807, 2.05) is 0 Å². The molecule has 0 amide bonds. The predicted octanol–water partition coefficient (Wildman–Crippen LogP) is 4.29. The van der Waals surface area contributed by atoms with Crippen molar-refractivity contribution in [3.05, 3.63) is 76.4 Å². The number of aromatic nitrogens is 2. The van der Waals surface area contributed by atoms with Gasteiger partial charge in [-0.15, -0.1) is 0 Å². The van der Waals surface area contributed by atoms with Crippen molar-refractivity contribution in [3.8, 4) is 11.3 Å². The van der Waals surface area contributed by atoms with Crippen molar-refractivity contribution in [2.24, 2.45) is 5.73 Å². The van der Waals surface area contributed by atoms with Crippen LogP contribution in [-0.4, -0.2) is 21.0 Å². The van der Waals surface area contributed by atoms with E-state index in [2.05, 4.69) is 9.97 Å². The summed E-state index contributed by atoms with van der Waals surface area (Å²) in [4.78, 5) is 18.1. The highest BCUT2D eigenvalue weighted by Gasteiger charge is 2.30. The van der Waals surface area contributed by atoms with E-state index in [0.29, 0.717) is 5.39 Å². The van der Waals surface area contributed by atoms with Crippen LogP contribution in [0.15, 0.2) is 48.5 Å². The molecule has 1 atom stereocenters. The Hall–Kier alpha value is -3.39. The zero-order valence-corrected chi connectivity index (χ0v) is 14.8. The number of aromatic carboxylic acids is 1. The topological polar surface area (TPSA) is 101 Å². The number of carboxylic acids is 1. The Labute approximate surface area is 161 Å². The average molecular weight is 404 g/mol. The average Bonchev–Trinajstić information content (AvgIpc) is 3.12. The molecule has 1 aliphatic rings. The van der Waals surface area contributed by atoms with Gasteiger partial charge in [-0.25, -0.2) is 18.6 Å². The maximum absolute atomic E-state index is 15.4. The summed E-state index contributed by atoms with van der Waals surface area (Å²) < 4.78 is 35.7. The number of halogens is 3. The molecule has 3 aromatic rings. The zero-order chi connectivity index (χ0) is 20.0. The van der Waals surface area contributed by atoms with Crippen LogP contribution in [0, 0.1) is 11.6 Å². The van der Waals surface area contributed by atoms with Gasteiger partial charge in [-0.05, 0) is 24.3 Å². The number of nitrogens with zero attached hydrogens (tertiary/aromatic N) is 1. The van der Waals surface area contributed by atoms with E-state index < -0.39 is 40.1 Å². The van der Waals surface area contributed by atoms with Crippen molar-refractivity contribution in [2.45, 2.75) is 6.10 Å². The molecule has 3 heterocycles. The summed E-state index contributed by atoms with van der Waals surface area (Å²) in [6.07, 6.45) is 4.50. The van der Waals surface area contributed by atoms with Crippen molar-refractivity contribution in [1.29, 1.82) is 0 Å². The second kappa shape index (κ2) is 6.65. The standard InChI is InChI=1S/C19H12ClF2N3O3/c20-13-12(11-7-9(23)4-6-28-11)15(22)17(25-18(13)19(26)27)10-2-1-8-3-5-24-16(8)14(10)21/h1-7,11,24H,23H2,(H,26,27). The van der Waals surface area contributed by atoms with E-state index in [-0.39, 0.29) is 22.3 Å². The number of aromatic amines is 1. The van der Waals surface area contributed by atoms with Gasteiger partial charge in [0, 0.05) is 22.8 Å². The number of nitrogens with one attached hydrogen (secondary N) is 1. The van der Waals surface area contributed by atoms with Gasteiger partial charge in [-0.3, -0.25) is 0 Å². The molecule has 6 nitrogen and oxygen atoms in total. The smallest absolute Gasteiger partial charge is 0.356 e. The van der Waals surface area contributed by atoms with Crippen LogP contribution in [0.4, 0.5) is 8.78 Å². The molecule has 1 unspecified atom stereocenters. The van der Waals surface area contributed by atoms with Crippen molar-refractivity contribution in [1.82, 2.24) is 9.97 Å². The molecule has 1 aromatic carbocycles. The number of hydrogen-bond donors (Lipinski definition) is 3.